The number of carbonyl (C=O) groups is 3. The number of Topliss-reactive ketones (excluding diaryl/α,β-unsaturated/α-hetero) is 1. The van der Waals surface area contributed by atoms with Gasteiger partial charge in [0.2, 0.25) is 11.8 Å². The van der Waals surface area contributed by atoms with Crippen molar-refractivity contribution in [3.8, 4) is 11.5 Å². The number of methoxy groups -OCH3 is 2. The summed E-state index contributed by atoms with van der Waals surface area (Å²) in [6.45, 7) is 0. The topological polar surface area (TPSA) is 72.9 Å². The van der Waals surface area contributed by atoms with Crippen molar-refractivity contribution < 1.29 is 37.0 Å². The first-order valence-electron chi connectivity index (χ1n) is 16.5. The lowest BCUT2D eigenvalue weighted by atomic mass is 9.59. The van der Waals surface area contributed by atoms with Gasteiger partial charge in [-0.05, 0) is 75.9 Å². The van der Waals surface area contributed by atoms with Crippen molar-refractivity contribution >= 4 is 46.0 Å². The fourth-order valence-corrected chi connectivity index (χ4v) is 8.99. The molecular formula is C42H29ClF3NO5. The van der Waals surface area contributed by atoms with Crippen LogP contribution in [0.15, 0.2) is 127 Å². The Labute approximate surface area is 302 Å². The zero-order chi connectivity index (χ0) is 36.6. The van der Waals surface area contributed by atoms with Crippen LogP contribution in [-0.4, -0.2) is 31.8 Å². The molecule has 10 heteroatoms. The van der Waals surface area contributed by atoms with Crippen molar-refractivity contribution in [1.29, 1.82) is 0 Å². The molecule has 8 rings (SSSR count). The molecule has 4 atom stereocenters. The molecule has 6 nitrogen and oxygen atoms in total. The van der Waals surface area contributed by atoms with Gasteiger partial charge >= 0.3 is 6.18 Å². The number of allylic oxidation sites excluding steroid dienone is 2. The summed E-state index contributed by atoms with van der Waals surface area (Å²) in [5.74, 6) is -3.43. The molecule has 1 saturated heterocycles. The third kappa shape index (κ3) is 4.41. The smallest absolute Gasteiger partial charge is 0.417 e. The number of benzene rings is 5. The summed E-state index contributed by atoms with van der Waals surface area (Å²) in [4.78, 5) is 47.1. The Morgan fingerprint density at radius 3 is 1.42 bits per heavy atom. The van der Waals surface area contributed by atoms with Gasteiger partial charge in [0, 0.05) is 0 Å². The molecule has 0 spiro atoms. The quantitative estimate of drug-likeness (QED) is 0.158. The van der Waals surface area contributed by atoms with Crippen LogP contribution in [0.3, 0.4) is 0 Å². The summed E-state index contributed by atoms with van der Waals surface area (Å²) < 4.78 is 53.3. The molecule has 2 fully saturated rings. The van der Waals surface area contributed by atoms with Gasteiger partial charge in [-0.2, -0.15) is 13.2 Å². The predicted octanol–water partition coefficient (Wildman–Crippen LogP) is 8.56. The SMILES string of the molecule is COc1ccc(C2=C(c3ccc(OC)cc3)[C@@]3(c4ccccc4)C(=O)[C@@]2(c2ccccc2)[C@H]2C(=O)N(c4ccc(Cl)c(C(F)(F)F)c4)C(=O)[C@@H]23)cc1. The minimum atomic E-state index is -4.86. The minimum absolute atomic E-state index is 0.281. The van der Waals surface area contributed by atoms with E-state index >= 15 is 14.4 Å². The molecule has 2 amide bonds. The highest BCUT2D eigenvalue weighted by Gasteiger charge is 2.82. The number of nitrogens with zero attached hydrogens (tertiary/aromatic N) is 1. The van der Waals surface area contributed by atoms with E-state index in [1.54, 1.807) is 84.9 Å². The summed E-state index contributed by atoms with van der Waals surface area (Å²) in [6, 6.07) is 35.0. The van der Waals surface area contributed by atoms with Crippen molar-refractivity contribution in [1.82, 2.24) is 0 Å². The third-order valence-corrected chi connectivity index (χ3v) is 11.1. The number of imide groups is 1. The number of hydrogen-bond donors (Lipinski definition) is 0. The molecule has 0 radical (unpaired) electrons. The van der Waals surface area contributed by atoms with Crippen molar-refractivity contribution in [3.05, 3.63) is 160 Å². The van der Waals surface area contributed by atoms with E-state index in [1.165, 1.54) is 20.3 Å². The van der Waals surface area contributed by atoms with Crippen molar-refractivity contribution in [2.45, 2.75) is 17.0 Å². The maximum atomic E-state index is 16.0. The lowest BCUT2D eigenvalue weighted by molar-refractivity contribution is -0.137. The van der Waals surface area contributed by atoms with Crippen LogP contribution in [0.5, 0.6) is 11.5 Å². The highest BCUT2D eigenvalue weighted by atomic mass is 35.5. The molecule has 3 aliphatic rings. The second-order valence-electron chi connectivity index (χ2n) is 13.0. The lowest BCUT2D eigenvalue weighted by Crippen LogP contribution is -2.45. The van der Waals surface area contributed by atoms with Gasteiger partial charge in [-0.3, -0.25) is 14.4 Å². The molecule has 2 aliphatic carbocycles. The van der Waals surface area contributed by atoms with Gasteiger partial charge in [-0.15, -0.1) is 0 Å². The van der Waals surface area contributed by atoms with Crippen LogP contribution in [0.1, 0.15) is 27.8 Å². The van der Waals surface area contributed by atoms with Crippen LogP contribution in [-0.2, 0) is 31.4 Å². The van der Waals surface area contributed by atoms with Crippen LogP contribution in [0, 0.1) is 11.8 Å². The van der Waals surface area contributed by atoms with E-state index in [-0.39, 0.29) is 11.5 Å². The minimum Gasteiger partial charge on any atom is -0.497 e. The Hall–Kier alpha value is -5.67. The van der Waals surface area contributed by atoms with E-state index < -0.39 is 51.2 Å². The number of fused-ring (bicyclic) bond motifs is 5. The Bertz CT molecular complexity index is 2160. The zero-order valence-corrected chi connectivity index (χ0v) is 28.5. The summed E-state index contributed by atoms with van der Waals surface area (Å²) >= 11 is 5.98. The van der Waals surface area contributed by atoms with Crippen LogP contribution in [0.2, 0.25) is 5.02 Å². The fourth-order valence-electron chi connectivity index (χ4n) is 8.76. The fraction of sp³-hybridized carbons (Fsp3) is 0.167. The number of rotatable bonds is 7. The molecule has 0 N–H and O–H groups in total. The highest BCUT2D eigenvalue weighted by molar-refractivity contribution is 6.39. The van der Waals surface area contributed by atoms with E-state index in [1.807, 2.05) is 24.3 Å². The number of halogens is 4. The zero-order valence-electron chi connectivity index (χ0n) is 27.8. The van der Waals surface area contributed by atoms with E-state index in [0.29, 0.717) is 44.9 Å². The summed E-state index contributed by atoms with van der Waals surface area (Å²) in [6.07, 6.45) is -4.86. The van der Waals surface area contributed by atoms with Gasteiger partial charge in [0.15, 0.2) is 5.78 Å². The van der Waals surface area contributed by atoms with Gasteiger partial charge in [0.25, 0.3) is 0 Å². The Morgan fingerprint density at radius 2 is 1.04 bits per heavy atom. The van der Waals surface area contributed by atoms with Gasteiger partial charge in [0.05, 0.1) is 53.2 Å². The molecule has 2 bridgehead atoms. The monoisotopic (exact) mass is 719 g/mol. The van der Waals surface area contributed by atoms with Crippen molar-refractivity contribution in [3.63, 3.8) is 0 Å². The average Bonchev–Trinajstić information content (AvgIpc) is 3.67. The number of alkyl halides is 3. The number of carbonyl (C=O) groups excluding carboxylic acids is 3. The van der Waals surface area contributed by atoms with E-state index in [0.717, 1.165) is 17.0 Å². The van der Waals surface area contributed by atoms with Crippen LogP contribution in [0.4, 0.5) is 18.9 Å². The average molecular weight is 720 g/mol. The molecule has 5 aromatic carbocycles. The van der Waals surface area contributed by atoms with E-state index in [2.05, 4.69) is 0 Å². The second kappa shape index (κ2) is 12.0. The number of hydrogen-bond acceptors (Lipinski definition) is 5. The number of anilines is 1. The summed E-state index contributed by atoms with van der Waals surface area (Å²) in [5, 5.41) is -0.572. The Kier molecular flexibility index (Phi) is 7.69. The molecule has 1 aliphatic heterocycles. The summed E-state index contributed by atoms with van der Waals surface area (Å²) in [7, 11) is 3.08. The molecule has 260 valence electrons. The molecule has 0 aromatic heterocycles. The van der Waals surface area contributed by atoms with Crippen LogP contribution in [0.25, 0.3) is 11.1 Å². The Morgan fingerprint density at radius 1 is 0.615 bits per heavy atom. The van der Waals surface area contributed by atoms with Crippen molar-refractivity contribution in [2.24, 2.45) is 11.8 Å². The van der Waals surface area contributed by atoms with Crippen LogP contribution >= 0.6 is 11.6 Å². The molecule has 0 unspecified atom stereocenters. The number of amides is 2. The first-order valence-corrected chi connectivity index (χ1v) is 16.8. The third-order valence-electron chi connectivity index (χ3n) is 10.7. The van der Waals surface area contributed by atoms with Gasteiger partial charge in [-0.1, -0.05) is 96.5 Å². The Balaban J connectivity index is 1.51. The normalized spacial score (nSPS) is 23.7. The number of ether oxygens (including phenoxy) is 2. The van der Waals surface area contributed by atoms with Gasteiger partial charge < -0.3 is 9.47 Å². The largest absolute Gasteiger partial charge is 0.497 e. The van der Waals surface area contributed by atoms with Gasteiger partial charge in [-0.25, -0.2) is 4.90 Å². The second-order valence-corrected chi connectivity index (χ2v) is 13.4. The maximum Gasteiger partial charge on any atom is 0.417 e. The van der Waals surface area contributed by atoms with E-state index in [9.17, 15) is 13.2 Å². The molecule has 5 aromatic rings. The summed E-state index contributed by atoms with van der Waals surface area (Å²) in [5.41, 5.74) is -1.71. The van der Waals surface area contributed by atoms with Gasteiger partial charge in [0.1, 0.15) is 11.5 Å². The highest BCUT2D eigenvalue weighted by Crippen LogP contribution is 2.74. The first kappa shape index (κ1) is 33.5. The molecule has 1 saturated carbocycles. The molecular weight excluding hydrogens is 691 g/mol. The van der Waals surface area contributed by atoms with Crippen molar-refractivity contribution in [2.75, 3.05) is 19.1 Å². The standard InChI is InChI=1S/C42H29ClF3NO5/c1-51-29-18-13-24(14-19-29)33-34(25-15-20-30(52-2)21-16-25)41(27-11-7-4-8-12-27)36-35(40(33,39(41)50)26-9-5-3-6-10-26)37(48)47(38(36)49)28-17-22-32(43)31(23-28)42(44,45)46/h3-23,35-36H,1-2H3/t35-,36-,40-,41-/m1/s1. The number of ketones is 1. The van der Waals surface area contributed by atoms with E-state index in [4.69, 9.17) is 21.1 Å². The van der Waals surface area contributed by atoms with Crippen LogP contribution < -0.4 is 14.4 Å². The molecule has 52 heavy (non-hydrogen) atoms. The predicted molar refractivity (Wildman–Crippen MR) is 190 cm³/mol. The molecule has 1 heterocycles. The lowest BCUT2D eigenvalue weighted by Gasteiger charge is -2.39. The maximum absolute atomic E-state index is 16.0. The first-order chi connectivity index (χ1) is 25.0.